The molecule has 0 atom stereocenters. The minimum atomic E-state index is -0.497. The summed E-state index contributed by atoms with van der Waals surface area (Å²) in [5, 5.41) is 11.6. The predicted molar refractivity (Wildman–Crippen MR) is 102 cm³/mol. The van der Waals surface area contributed by atoms with Crippen LogP contribution in [0.3, 0.4) is 0 Å². The van der Waals surface area contributed by atoms with E-state index in [1.54, 1.807) is 18.2 Å². The number of nitrogens with one attached hydrogen (secondary N) is 1. The van der Waals surface area contributed by atoms with Gasteiger partial charge in [0, 0.05) is 47.9 Å². The molecule has 0 fully saturated rings. The Hall–Kier alpha value is -1.80. The number of hydrogen-bond donors (Lipinski definition) is 2. The first-order valence-electron chi connectivity index (χ1n) is 7.93. The van der Waals surface area contributed by atoms with Crippen molar-refractivity contribution in [2.45, 2.75) is 13.0 Å². The van der Waals surface area contributed by atoms with Gasteiger partial charge >= 0.3 is 0 Å². The van der Waals surface area contributed by atoms with Crippen LogP contribution in [0.15, 0.2) is 12.3 Å². The number of rotatable bonds is 3. The second-order valence-corrected chi connectivity index (χ2v) is 7.75. The third-order valence-corrected chi connectivity index (χ3v) is 6.33. The summed E-state index contributed by atoms with van der Waals surface area (Å²) >= 11 is 14.2. The molecule has 1 aliphatic heterocycles. The van der Waals surface area contributed by atoms with Crippen LogP contribution in [0.4, 0.5) is 0 Å². The molecule has 0 aliphatic carbocycles. The zero-order valence-corrected chi connectivity index (χ0v) is 16.1. The second-order valence-electron chi connectivity index (χ2n) is 5.97. The lowest BCUT2D eigenvalue weighted by Gasteiger charge is -2.26. The first-order valence-corrected chi connectivity index (χ1v) is 9.51. The van der Waals surface area contributed by atoms with Crippen LogP contribution in [0.25, 0.3) is 21.3 Å². The van der Waals surface area contributed by atoms with Gasteiger partial charge < -0.3 is 19.7 Å². The lowest BCUT2D eigenvalue weighted by Crippen LogP contribution is -2.37. The first-order chi connectivity index (χ1) is 12.5. The smallest absolute Gasteiger partial charge is 0.273 e. The van der Waals surface area contributed by atoms with Gasteiger partial charge in [0.05, 0.1) is 27.5 Å². The molecule has 2 aromatic heterocycles. The van der Waals surface area contributed by atoms with Crippen molar-refractivity contribution in [3.8, 4) is 15.6 Å². The summed E-state index contributed by atoms with van der Waals surface area (Å²) < 4.78 is 5.20. The average molecular weight is 412 g/mol. The van der Waals surface area contributed by atoms with E-state index >= 15 is 0 Å². The van der Waals surface area contributed by atoms with Gasteiger partial charge in [-0.05, 0) is 6.07 Å². The fourth-order valence-corrected chi connectivity index (χ4v) is 4.48. The number of H-pyrrole nitrogens is 1. The number of carbonyl (C=O) groups excluding carboxylic acids is 1. The van der Waals surface area contributed by atoms with Crippen LogP contribution in [0.1, 0.15) is 11.3 Å². The Morgan fingerprint density at radius 1 is 1.50 bits per heavy atom. The van der Waals surface area contributed by atoms with Crippen LogP contribution < -0.4 is 4.74 Å². The van der Waals surface area contributed by atoms with Gasteiger partial charge in [0.15, 0.2) is 0 Å². The number of carbonyl (C=O) groups is 1. The molecule has 136 valence electrons. The number of aliphatic hydroxyl groups is 1. The zero-order valence-electron chi connectivity index (χ0n) is 13.8. The summed E-state index contributed by atoms with van der Waals surface area (Å²) in [5.41, 5.74) is 3.67. The van der Waals surface area contributed by atoms with Gasteiger partial charge in [-0.25, -0.2) is 4.98 Å². The Bertz CT molecular complexity index is 1010. The highest BCUT2D eigenvalue weighted by Crippen LogP contribution is 2.44. The number of methoxy groups -OCH3 is 1. The molecular formula is C17H15Cl2N3O3S. The third-order valence-electron chi connectivity index (χ3n) is 4.55. The SMILES string of the molecule is COc1ncc(-c2cc(Cl)c(Cl)c3[nH]c4c(c23)CN(C(=O)CO)CC4)s1. The van der Waals surface area contributed by atoms with Gasteiger partial charge in [-0.3, -0.25) is 4.79 Å². The number of benzene rings is 1. The molecule has 4 rings (SSSR count). The van der Waals surface area contributed by atoms with E-state index in [0.717, 1.165) is 32.6 Å². The molecule has 1 amide bonds. The lowest BCUT2D eigenvalue weighted by atomic mass is 10.00. The van der Waals surface area contributed by atoms with Gasteiger partial charge in [-0.1, -0.05) is 34.5 Å². The van der Waals surface area contributed by atoms with Crippen molar-refractivity contribution in [1.82, 2.24) is 14.9 Å². The van der Waals surface area contributed by atoms with Gasteiger partial charge in [0.1, 0.15) is 6.61 Å². The quantitative estimate of drug-likeness (QED) is 0.691. The number of ether oxygens (including phenoxy) is 1. The van der Waals surface area contributed by atoms with Crippen molar-refractivity contribution < 1.29 is 14.6 Å². The summed E-state index contributed by atoms with van der Waals surface area (Å²) in [7, 11) is 1.57. The van der Waals surface area contributed by atoms with Crippen LogP contribution >= 0.6 is 34.5 Å². The molecule has 0 radical (unpaired) electrons. The first kappa shape index (κ1) is 17.6. The number of fused-ring (bicyclic) bond motifs is 3. The molecule has 1 aliphatic rings. The largest absolute Gasteiger partial charge is 0.473 e. The Labute approximate surface area is 163 Å². The predicted octanol–water partition coefficient (Wildman–Crippen LogP) is 3.48. The molecule has 6 nitrogen and oxygen atoms in total. The second kappa shape index (κ2) is 6.74. The van der Waals surface area contributed by atoms with E-state index in [9.17, 15) is 9.90 Å². The summed E-state index contributed by atoms with van der Waals surface area (Å²) in [6.45, 7) is 0.465. The maximum absolute atomic E-state index is 11.9. The molecule has 26 heavy (non-hydrogen) atoms. The van der Waals surface area contributed by atoms with Crippen LogP contribution in [0, 0.1) is 0 Å². The van der Waals surface area contributed by atoms with Crippen LogP contribution in [0.2, 0.25) is 10.0 Å². The molecule has 0 saturated carbocycles. The van der Waals surface area contributed by atoms with Crippen molar-refractivity contribution in [2.24, 2.45) is 0 Å². The van der Waals surface area contributed by atoms with E-state index in [1.165, 1.54) is 11.3 Å². The number of halogens is 2. The number of hydrogen-bond acceptors (Lipinski definition) is 5. The van der Waals surface area contributed by atoms with E-state index in [4.69, 9.17) is 27.9 Å². The Kier molecular flexibility index (Phi) is 4.56. The van der Waals surface area contributed by atoms with Crippen molar-refractivity contribution >= 4 is 51.3 Å². The number of aliphatic hydroxyl groups excluding tert-OH is 1. The number of aromatic amines is 1. The van der Waals surface area contributed by atoms with E-state index in [1.807, 2.05) is 6.07 Å². The summed E-state index contributed by atoms with van der Waals surface area (Å²) in [6.07, 6.45) is 2.40. The van der Waals surface area contributed by atoms with Gasteiger partial charge in [0.2, 0.25) is 5.91 Å². The number of amides is 1. The highest BCUT2D eigenvalue weighted by atomic mass is 35.5. The summed E-state index contributed by atoms with van der Waals surface area (Å²) in [5.74, 6) is -0.286. The Morgan fingerprint density at radius 2 is 2.31 bits per heavy atom. The molecule has 2 N–H and O–H groups in total. The molecular weight excluding hydrogens is 397 g/mol. The lowest BCUT2D eigenvalue weighted by molar-refractivity contribution is -0.135. The van der Waals surface area contributed by atoms with Crippen molar-refractivity contribution in [2.75, 3.05) is 20.3 Å². The Balaban J connectivity index is 1.94. The molecule has 3 heterocycles. The fraction of sp³-hybridized carbons (Fsp3) is 0.294. The van der Waals surface area contributed by atoms with Crippen molar-refractivity contribution in [3.05, 3.63) is 33.6 Å². The molecule has 0 bridgehead atoms. The topological polar surface area (TPSA) is 78.5 Å². The monoisotopic (exact) mass is 411 g/mol. The molecule has 0 saturated heterocycles. The van der Waals surface area contributed by atoms with Crippen LogP contribution in [0.5, 0.6) is 5.19 Å². The molecule has 0 spiro atoms. The van der Waals surface area contributed by atoms with Crippen LogP contribution in [-0.2, 0) is 17.8 Å². The summed E-state index contributed by atoms with van der Waals surface area (Å²) in [6, 6.07) is 1.82. The van der Waals surface area contributed by atoms with Gasteiger partial charge in [0.25, 0.3) is 5.19 Å². The zero-order chi connectivity index (χ0) is 18.4. The maximum Gasteiger partial charge on any atom is 0.273 e. The fourth-order valence-electron chi connectivity index (χ4n) is 3.32. The van der Waals surface area contributed by atoms with E-state index in [0.29, 0.717) is 34.7 Å². The Morgan fingerprint density at radius 3 is 3.00 bits per heavy atom. The molecule has 3 aromatic rings. The van der Waals surface area contributed by atoms with E-state index in [-0.39, 0.29) is 5.91 Å². The summed E-state index contributed by atoms with van der Waals surface area (Å²) in [4.78, 5) is 22.1. The standard InChI is InChI=1S/C17H15Cl2N3O3S/c1-25-17-20-5-12(26-17)8-4-10(18)15(19)16-14(8)9-6-22(13(24)7-23)3-2-11(9)21-16/h4-5,21,23H,2-3,6-7H2,1H3. The molecule has 0 unspecified atom stereocenters. The van der Waals surface area contributed by atoms with Gasteiger partial charge in [-0.15, -0.1) is 0 Å². The van der Waals surface area contributed by atoms with E-state index in [2.05, 4.69) is 9.97 Å². The maximum atomic E-state index is 11.9. The van der Waals surface area contributed by atoms with Crippen molar-refractivity contribution in [3.63, 3.8) is 0 Å². The van der Waals surface area contributed by atoms with Gasteiger partial charge in [-0.2, -0.15) is 0 Å². The number of thiazole rings is 1. The highest BCUT2D eigenvalue weighted by molar-refractivity contribution is 7.16. The van der Waals surface area contributed by atoms with Crippen molar-refractivity contribution in [1.29, 1.82) is 0 Å². The minimum Gasteiger partial charge on any atom is -0.473 e. The minimum absolute atomic E-state index is 0.286. The average Bonchev–Trinajstić information content (AvgIpc) is 3.28. The third kappa shape index (κ3) is 2.75. The molecule has 1 aromatic carbocycles. The van der Waals surface area contributed by atoms with Crippen LogP contribution in [-0.4, -0.2) is 46.1 Å². The normalized spacial score (nSPS) is 13.9. The highest BCUT2D eigenvalue weighted by Gasteiger charge is 2.27. The van der Waals surface area contributed by atoms with E-state index < -0.39 is 6.61 Å². The number of nitrogens with zero attached hydrogens (tertiary/aromatic N) is 2. The number of aromatic nitrogens is 2. The molecule has 9 heteroatoms.